The standard InChI is InChI=1S/C18H29NO3/c20-17-12-14(13-19(17)15-8-6-7-9-15)18(21)22-16-10-4-2-1-3-5-11-16/h14-16H,1-13H2. The minimum absolute atomic E-state index is 0.0865. The molecule has 0 aromatic carbocycles. The van der Waals surface area contributed by atoms with Crippen LogP contribution in [0.2, 0.25) is 0 Å². The fourth-order valence-electron chi connectivity index (χ4n) is 4.26. The summed E-state index contributed by atoms with van der Waals surface area (Å²) in [5, 5.41) is 0. The van der Waals surface area contributed by atoms with Gasteiger partial charge in [-0.15, -0.1) is 0 Å². The van der Waals surface area contributed by atoms with Crippen LogP contribution >= 0.6 is 0 Å². The van der Waals surface area contributed by atoms with E-state index >= 15 is 0 Å². The Morgan fingerprint density at radius 2 is 1.50 bits per heavy atom. The van der Waals surface area contributed by atoms with Gasteiger partial charge in [0.1, 0.15) is 6.10 Å². The summed E-state index contributed by atoms with van der Waals surface area (Å²) < 4.78 is 5.75. The van der Waals surface area contributed by atoms with Gasteiger partial charge >= 0.3 is 5.97 Å². The molecule has 0 spiro atoms. The molecule has 1 aliphatic heterocycles. The quantitative estimate of drug-likeness (QED) is 0.750. The number of carbonyl (C=O) groups excluding carboxylic acids is 2. The number of likely N-dealkylation sites (tertiary alicyclic amines) is 1. The third-order valence-corrected chi connectivity index (χ3v) is 5.59. The van der Waals surface area contributed by atoms with Crippen LogP contribution in [0.5, 0.6) is 0 Å². The van der Waals surface area contributed by atoms with Crippen LogP contribution in [0, 0.1) is 5.92 Å². The summed E-state index contributed by atoms with van der Waals surface area (Å²) in [7, 11) is 0. The van der Waals surface area contributed by atoms with E-state index < -0.39 is 0 Å². The Balaban J connectivity index is 1.50. The molecule has 0 bridgehead atoms. The van der Waals surface area contributed by atoms with Crippen molar-refractivity contribution in [1.82, 2.24) is 4.90 Å². The van der Waals surface area contributed by atoms with Crippen molar-refractivity contribution in [3.63, 3.8) is 0 Å². The molecule has 0 radical (unpaired) electrons. The van der Waals surface area contributed by atoms with E-state index in [0.717, 1.165) is 38.5 Å². The molecule has 4 heteroatoms. The van der Waals surface area contributed by atoms with E-state index in [1.165, 1.54) is 32.1 Å². The van der Waals surface area contributed by atoms with Gasteiger partial charge in [0, 0.05) is 19.0 Å². The van der Waals surface area contributed by atoms with Crippen LogP contribution in [0.15, 0.2) is 0 Å². The largest absolute Gasteiger partial charge is 0.462 e. The molecule has 1 atom stereocenters. The predicted molar refractivity (Wildman–Crippen MR) is 84.3 cm³/mol. The molecule has 0 aromatic heterocycles. The van der Waals surface area contributed by atoms with E-state index in [-0.39, 0.29) is 23.9 Å². The number of ether oxygens (including phenoxy) is 1. The molecule has 1 saturated heterocycles. The molecule has 3 fully saturated rings. The Morgan fingerprint density at radius 1 is 0.909 bits per heavy atom. The summed E-state index contributed by atoms with van der Waals surface area (Å²) in [6.45, 7) is 0.592. The van der Waals surface area contributed by atoms with Crippen molar-refractivity contribution < 1.29 is 14.3 Å². The Labute approximate surface area is 133 Å². The van der Waals surface area contributed by atoms with Crippen LogP contribution in [0.25, 0.3) is 0 Å². The Hall–Kier alpha value is -1.06. The Morgan fingerprint density at radius 3 is 2.18 bits per heavy atom. The normalized spacial score (nSPS) is 28.6. The molecule has 2 saturated carbocycles. The van der Waals surface area contributed by atoms with E-state index in [1.54, 1.807) is 0 Å². The van der Waals surface area contributed by atoms with Crippen molar-refractivity contribution in [1.29, 1.82) is 0 Å². The van der Waals surface area contributed by atoms with Crippen LogP contribution in [0.1, 0.15) is 77.0 Å². The van der Waals surface area contributed by atoms with E-state index in [9.17, 15) is 9.59 Å². The molecule has 3 aliphatic rings. The molecule has 1 unspecified atom stereocenters. The molecule has 3 rings (SSSR count). The Bertz CT molecular complexity index is 395. The second kappa shape index (κ2) is 7.47. The minimum atomic E-state index is -0.224. The first-order chi connectivity index (χ1) is 10.7. The average Bonchev–Trinajstić information content (AvgIpc) is 3.10. The van der Waals surface area contributed by atoms with Crippen LogP contribution < -0.4 is 0 Å². The lowest BCUT2D eigenvalue weighted by Crippen LogP contribution is -2.35. The summed E-state index contributed by atoms with van der Waals surface area (Å²) in [4.78, 5) is 26.6. The van der Waals surface area contributed by atoms with Gasteiger partial charge in [0.15, 0.2) is 0 Å². The number of hydrogen-bond donors (Lipinski definition) is 0. The highest BCUT2D eigenvalue weighted by molar-refractivity contribution is 5.87. The first-order valence-corrected chi connectivity index (χ1v) is 9.24. The second-order valence-electron chi connectivity index (χ2n) is 7.29. The molecule has 124 valence electrons. The van der Waals surface area contributed by atoms with Crippen LogP contribution in [-0.4, -0.2) is 35.5 Å². The third kappa shape index (κ3) is 3.82. The van der Waals surface area contributed by atoms with Gasteiger partial charge in [-0.1, -0.05) is 32.1 Å². The lowest BCUT2D eigenvalue weighted by molar-refractivity contribution is -0.154. The molecular formula is C18H29NO3. The third-order valence-electron chi connectivity index (χ3n) is 5.59. The second-order valence-corrected chi connectivity index (χ2v) is 7.29. The zero-order valence-electron chi connectivity index (χ0n) is 13.6. The minimum Gasteiger partial charge on any atom is -0.462 e. The lowest BCUT2D eigenvalue weighted by Gasteiger charge is -2.24. The van der Waals surface area contributed by atoms with Gasteiger partial charge in [-0.05, 0) is 38.5 Å². The van der Waals surface area contributed by atoms with Gasteiger partial charge in [0.2, 0.25) is 5.91 Å². The summed E-state index contributed by atoms with van der Waals surface area (Å²) in [5.41, 5.74) is 0. The van der Waals surface area contributed by atoms with Gasteiger partial charge in [-0.2, -0.15) is 0 Å². The fourth-order valence-corrected chi connectivity index (χ4v) is 4.26. The highest BCUT2D eigenvalue weighted by Gasteiger charge is 2.39. The molecule has 4 nitrogen and oxygen atoms in total. The van der Waals surface area contributed by atoms with Gasteiger partial charge in [-0.25, -0.2) is 0 Å². The average molecular weight is 307 g/mol. The maximum absolute atomic E-state index is 12.4. The van der Waals surface area contributed by atoms with Gasteiger partial charge in [0.25, 0.3) is 0 Å². The van der Waals surface area contributed by atoms with E-state index in [2.05, 4.69) is 0 Å². The van der Waals surface area contributed by atoms with Crippen molar-refractivity contribution in [2.24, 2.45) is 5.92 Å². The molecule has 22 heavy (non-hydrogen) atoms. The number of amides is 1. The summed E-state index contributed by atoms with van der Waals surface area (Å²) in [6, 6.07) is 0.381. The fraction of sp³-hybridized carbons (Fsp3) is 0.889. The molecular weight excluding hydrogens is 278 g/mol. The van der Waals surface area contributed by atoms with Crippen LogP contribution in [-0.2, 0) is 14.3 Å². The van der Waals surface area contributed by atoms with Crippen LogP contribution in [0.3, 0.4) is 0 Å². The summed E-state index contributed by atoms with van der Waals surface area (Å²) in [6.07, 6.45) is 13.2. The van der Waals surface area contributed by atoms with Gasteiger partial charge in [0.05, 0.1) is 5.92 Å². The number of carbonyl (C=O) groups is 2. The van der Waals surface area contributed by atoms with Crippen molar-refractivity contribution in [2.75, 3.05) is 6.54 Å². The van der Waals surface area contributed by atoms with Crippen molar-refractivity contribution in [3.05, 3.63) is 0 Å². The first kappa shape index (κ1) is 15.8. The number of hydrogen-bond acceptors (Lipinski definition) is 3. The monoisotopic (exact) mass is 307 g/mol. The van der Waals surface area contributed by atoms with E-state index in [1.807, 2.05) is 4.90 Å². The maximum Gasteiger partial charge on any atom is 0.311 e. The molecule has 2 aliphatic carbocycles. The maximum atomic E-state index is 12.4. The van der Waals surface area contributed by atoms with Crippen LogP contribution in [0.4, 0.5) is 0 Å². The first-order valence-electron chi connectivity index (χ1n) is 9.24. The molecule has 1 amide bonds. The van der Waals surface area contributed by atoms with E-state index in [4.69, 9.17) is 4.74 Å². The zero-order valence-corrected chi connectivity index (χ0v) is 13.6. The zero-order chi connectivity index (χ0) is 15.4. The number of rotatable bonds is 3. The number of esters is 1. The smallest absolute Gasteiger partial charge is 0.311 e. The van der Waals surface area contributed by atoms with Crippen molar-refractivity contribution in [2.45, 2.75) is 89.2 Å². The van der Waals surface area contributed by atoms with Crippen molar-refractivity contribution >= 4 is 11.9 Å². The van der Waals surface area contributed by atoms with Gasteiger partial charge < -0.3 is 9.64 Å². The Kier molecular flexibility index (Phi) is 5.37. The lowest BCUT2D eigenvalue weighted by atomic mass is 9.98. The number of nitrogens with zero attached hydrogens (tertiary/aromatic N) is 1. The highest BCUT2D eigenvalue weighted by Crippen LogP contribution is 2.30. The SMILES string of the molecule is O=C(OC1CCCCCCC1)C1CC(=O)N(C2CCCC2)C1. The molecule has 0 aromatic rings. The topological polar surface area (TPSA) is 46.6 Å². The van der Waals surface area contributed by atoms with Gasteiger partial charge in [-0.3, -0.25) is 9.59 Å². The van der Waals surface area contributed by atoms with E-state index in [0.29, 0.717) is 19.0 Å². The molecule has 1 heterocycles. The summed E-state index contributed by atoms with van der Waals surface area (Å²) in [5.74, 6) is -0.190. The molecule has 0 N–H and O–H groups in total. The summed E-state index contributed by atoms with van der Waals surface area (Å²) >= 11 is 0. The van der Waals surface area contributed by atoms with Crippen molar-refractivity contribution in [3.8, 4) is 0 Å². The predicted octanol–water partition coefficient (Wildman–Crippen LogP) is 3.43. The highest BCUT2D eigenvalue weighted by atomic mass is 16.5.